The Morgan fingerprint density at radius 2 is 1.64 bits per heavy atom. The highest BCUT2D eigenvalue weighted by Gasteiger charge is 1.87. The number of aromatic nitrogens is 1. The van der Waals surface area contributed by atoms with Gasteiger partial charge in [-0.2, -0.15) is 0 Å². The molecular formula is C12H21NO. The summed E-state index contributed by atoms with van der Waals surface area (Å²) in [6.45, 7) is 7.70. The minimum absolute atomic E-state index is 0. The van der Waals surface area contributed by atoms with Crippen molar-refractivity contribution < 1.29 is 4.42 Å². The smallest absolute Gasteiger partial charge is 0.191 e. The summed E-state index contributed by atoms with van der Waals surface area (Å²) < 4.78 is 4.97. The van der Waals surface area contributed by atoms with E-state index in [0.717, 1.165) is 11.7 Å². The van der Waals surface area contributed by atoms with Crippen molar-refractivity contribution in [1.29, 1.82) is 0 Å². The first-order valence-electron chi connectivity index (χ1n) is 4.00. The lowest BCUT2D eigenvalue weighted by Gasteiger charge is -1.73. The van der Waals surface area contributed by atoms with Crippen LogP contribution < -0.4 is 0 Å². The first kappa shape index (κ1) is 18.3. The maximum Gasteiger partial charge on any atom is 0.191 e. The molecule has 0 aliphatic heterocycles. The molecule has 0 saturated heterocycles. The molecule has 0 bridgehead atoms. The molecule has 0 aliphatic carbocycles. The van der Waals surface area contributed by atoms with Gasteiger partial charge in [-0.1, -0.05) is 19.6 Å². The van der Waals surface area contributed by atoms with Crippen molar-refractivity contribution in [2.45, 2.75) is 35.1 Å². The highest BCUT2D eigenvalue weighted by Crippen LogP contribution is 1.96. The van der Waals surface area contributed by atoms with E-state index < -0.39 is 0 Å². The van der Waals surface area contributed by atoms with Crippen molar-refractivity contribution in [2.75, 3.05) is 0 Å². The fourth-order valence-corrected chi connectivity index (χ4v) is 0.467. The number of nitrogens with zero attached hydrogens (tertiary/aromatic N) is 1. The summed E-state index contributed by atoms with van der Waals surface area (Å²) in [4.78, 5) is 3.85. The Morgan fingerprint density at radius 1 is 1.21 bits per heavy atom. The van der Waals surface area contributed by atoms with Crippen molar-refractivity contribution >= 4 is 0 Å². The van der Waals surface area contributed by atoms with Crippen LogP contribution in [0.2, 0.25) is 0 Å². The minimum atomic E-state index is 0. The van der Waals surface area contributed by atoms with Crippen LogP contribution in [-0.4, -0.2) is 4.98 Å². The van der Waals surface area contributed by atoms with Crippen LogP contribution in [0.5, 0.6) is 0 Å². The molecule has 0 atom stereocenters. The Kier molecular flexibility index (Phi) is 18.4. The largest absolute Gasteiger partial charge is 0.446 e. The zero-order valence-corrected chi connectivity index (χ0v) is 8.74. The molecule has 2 heteroatoms. The summed E-state index contributed by atoms with van der Waals surface area (Å²) >= 11 is 0. The van der Waals surface area contributed by atoms with Gasteiger partial charge >= 0.3 is 0 Å². The van der Waals surface area contributed by atoms with Crippen LogP contribution in [0.25, 0.3) is 0 Å². The molecule has 1 aromatic heterocycles. The Labute approximate surface area is 88.1 Å². The van der Waals surface area contributed by atoms with E-state index in [4.69, 9.17) is 4.42 Å². The second-order valence-electron chi connectivity index (χ2n) is 2.16. The molecule has 1 aromatic rings. The number of hydrogen-bond acceptors (Lipinski definition) is 2. The second-order valence-corrected chi connectivity index (χ2v) is 2.16. The lowest BCUT2D eigenvalue weighted by molar-refractivity contribution is 0.494. The molecule has 0 saturated carbocycles. The van der Waals surface area contributed by atoms with Crippen LogP contribution in [-0.2, 0) is 0 Å². The first-order valence-corrected chi connectivity index (χ1v) is 4.00. The molecule has 2 nitrogen and oxygen atoms in total. The van der Waals surface area contributed by atoms with Gasteiger partial charge in [-0.15, -0.1) is 12.8 Å². The third-order valence-electron chi connectivity index (χ3n) is 1.07. The Bertz CT molecular complexity index is 225. The number of rotatable bonds is 0. The summed E-state index contributed by atoms with van der Waals surface area (Å²) in [5.74, 6) is 1.61. The summed E-state index contributed by atoms with van der Waals surface area (Å²) in [5, 5.41) is 0. The van der Waals surface area contributed by atoms with E-state index in [0.29, 0.717) is 0 Å². The Morgan fingerprint density at radius 3 is 1.71 bits per heavy atom. The van der Waals surface area contributed by atoms with Crippen LogP contribution in [0, 0.1) is 26.7 Å². The van der Waals surface area contributed by atoms with E-state index in [1.807, 2.05) is 39.8 Å². The standard InChI is InChI=1S/C5H7NO.C4H8.C2H2.CH4/c1-4-3-6-5(2)7-4;1-3-4-2;1-2;/h3H,1-2H3;3-4H,1-2H3;1-2H;1H4. The van der Waals surface area contributed by atoms with Gasteiger partial charge in [-0.05, 0) is 20.8 Å². The molecule has 0 fully saturated rings. The van der Waals surface area contributed by atoms with Crippen molar-refractivity contribution in [3.63, 3.8) is 0 Å². The average Bonchev–Trinajstić information content (AvgIpc) is 2.54. The van der Waals surface area contributed by atoms with E-state index >= 15 is 0 Å². The monoisotopic (exact) mass is 195 g/mol. The molecule has 0 N–H and O–H groups in total. The number of aryl methyl sites for hydroxylation is 2. The Balaban J connectivity index is -0.000000152. The molecule has 0 amide bonds. The van der Waals surface area contributed by atoms with Crippen LogP contribution in [0.3, 0.4) is 0 Å². The van der Waals surface area contributed by atoms with Crippen molar-refractivity contribution in [1.82, 2.24) is 4.98 Å². The van der Waals surface area contributed by atoms with E-state index in [9.17, 15) is 0 Å². The van der Waals surface area contributed by atoms with Gasteiger partial charge in [-0.25, -0.2) is 4.98 Å². The SMILES string of the molecule is C.C#C.CC=CC.Cc1cnc(C)o1. The lowest BCUT2D eigenvalue weighted by atomic mass is 10.6. The molecule has 80 valence electrons. The minimum Gasteiger partial charge on any atom is -0.446 e. The molecular weight excluding hydrogens is 174 g/mol. The Hall–Kier alpha value is -1.49. The molecule has 1 heterocycles. The average molecular weight is 195 g/mol. The molecule has 0 aliphatic rings. The van der Waals surface area contributed by atoms with Crippen LogP contribution in [0.4, 0.5) is 0 Å². The topological polar surface area (TPSA) is 26.0 Å². The second kappa shape index (κ2) is 14.1. The van der Waals surface area contributed by atoms with Gasteiger partial charge in [-0.3, -0.25) is 0 Å². The highest BCUT2D eigenvalue weighted by molar-refractivity contribution is 4.87. The molecule has 0 aromatic carbocycles. The maximum absolute atomic E-state index is 4.97. The number of hydrogen-bond donors (Lipinski definition) is 0. The third kappa shape index (κ3) is 13.1. The molecule has 0 radical (unpaired) electrons. The molecule has 14 heavy (non-hydrogen) atoms. The third-order valence-corrected chi connectivity index (χ3v) is 1.07. The van der Waals surface area contributed by atoms with Crippen molar-refractivity contribution in [3.05, 3.63) is 30.0 Å². The molecule has 0 unspecified atom stereocenters. The van der Waals surface area contributed by atoms with Gasteiger partial charge in [0.1, 0.15) is 5.76 Å². The number of terminal acetylenes is 1. The van der Waals surface area contributed by atoms with Gasteiger partial charge in [0.15, 0.2) is 5.89 Å². The van der Waals surface area contributed by atoms with E-state index in [1.54, 1.807) is 6.20 Å². The van der Waals surface area contributed by atoms with Gasteiger partial charge in [0, 0.05) is 6.92 Å². The zero-order valence-electron chi connectivity index (χ0n) is 8.74. The van der Waals surface area contributed by atoms with Crippen LogP contribution in [0.1, 0.15) is 32.9 Å². The van der Waals surface area contributed by atoms with Gasteiger partial charge in [0.2, 0.25) is 0 Å². The zero-order chi connectivity index (χ0) is 10.7. The van der Waals surface area contributed by atoms with E-state index in [-0.39, 0.29) is 7.43 Å². The summed E-state index contributed by atoms with van der Waals surface area (Å²) in [7, 11) is 0. The quantitative estimate of drug-likeness (QED) is 0.465. The normalized spacial score (nSPS) is 7.57. The summed E-state index contributed by atoms with van der Waals surface area (Å²) in [6.07, 6.45) is 13.7. The first-order chi connectivity index (χ1) is 6.20. The van der Waals surface area contributed by atoms with Gasteiger partial charge < -0.3 is 4.42 Å². The highest BCUT2D eigenvalue weighted by atomic mass is 16.3. The van der Waals surface area contributed by atoms with E-state index in [2.05, 4.69) is 17.8 Å². The van der Waals surface area contributed by atoms with Gasteiger partial charge in [0.25, 0.3) is 0 Å². The van der Waals surface area contributed by atoms with Crippen LogP contribution in [0.15, 0.2) is 22.8 Å². The fraction of sp³-hybridized carbons (Fsp3) is 0.417. The van der Waals surface area contributed by atoms with Crippen molar-refractivity contribution in [3.8, 4) is 12.8 Å². The fourth-order valence-electron chi connectivity index (χ4n) is 0.467. The van der Waals surface area contributed by atoms with Gasteiger partial charge in [0.05, 0.1) is 6.20 Å². The predicted molar refractivity (Wildman–Crippen MR) is 63.1 cm³/mol. The number of oxazole rings is 1. The molecule has 1 rings (SSSR count). The molecule has 0 spiro atoms. The van der Waals surface area contributed by atoms with Crippen molar-refractivity contribution in [2.24, 2.45) is 0 Å². The summed E-state index contributed by atoms with van der Waals surface area (Å²) in [6, 6.07) is 0. The van der Waals surface area contributed by atoms with E-state index in [1.165, 1.54) is 0 Å². The summed E-state index contributed by atoms with van der Waals surface area (Å²) in [5.41, 5.74) is 0. The van der Waals surface area contributed by atoms with Crippen LogP contribution >= 0.6 is 0 Å². The maximum atomic E-state index is 4.97. The number of allylic oxidation sites excluding steroid dienone is 2. The lowest BCUT2D eigenvalue weighted by Crippen LogP contribution is -1.59. The predicted octanol–water partition coefficient (Wildman–Crippen LogP) is 3.76.